The maximum Gasteiger partial charge on any atom is 0.336 e. The van der Waals surface area contributed by atoms with Gasteiger partial charge in [-0.2, -0.15) is 8.42 Å². The molecule has 2 rings (SSSR count). The molecule has 0 radical (unpaired) electrons. The van der Waals surface area contributed by atoms with Crippen LogP contribution < -0.4 is 15.1 Å². The van der Waals surface area contributed by atoms with Crippen molar-refractivity contribution in [2.24, 2.45) is 0 Å². The first-order valence-corrected chi connectivity index (χ1v) is 6.77. The van der Waals surface area contributed by atoms with Crippen LogP contribution in [0.15, 0.2) is 26.2 Å². The van der Waals surface area contributed by atoms with Crippen LogP contribution in [-0.4, -0.2) is 33.0 Å². The molecule has 10 heteroatoms. The van der Waals surface area contributed by atoms with E-state index in [2.05, 4.69) is 4.33 Å². The van der Waals surface area contributed by atoms with Gasteiger partial charge in [0, 0.05) is 6.07 Å². The molecule has 21 heavy (non-hydrogen) atoms. The van der Waals surface area contributed by atoms with Crippen molar-refractivity contribution in [1.29, 1.82) is 0 Å². The highest BCUT2D eigenvalue weighted by Crippen LogP contribution is 2.47. The van der Waals surface area contributed by atoms with Crippen molar-refractivity contribution in [3.8, 4) is 17.2 Å². The van der Waals surface area contributed by atoms with E-state index in [9.17, 15) is 18.3 Å². The molecule has 0 saturated heterocycles. The molecule has 0 aliphatic rings. The number of phenols is 1. The quantitative estimate of drug-likeness (QED) is 0.474. The van der Waals surface area contributed by atoms with Gasteiger partial charge in [-0.1, -0.05) is 0 Å². The third kappa shape index (κ3) is 2.28. The number of benzene rings is 1. The van der Waals surface area contributed by atoms with Crippen molar-refractivity contribution < 1.29 is 37.0 Å². The van der Waals surface area contributed by atoms with E-state index in [1.165, 1.54) is 6.07 Å². The molecule has 2 N–H and O–H groups in total. The third-order valence-corrected chi connectivity index (χ3v) is 3.74. The smallest absolute Gasteiger partial charge is 0.336 e. The molecule has 0 unspecified atom stereocenters. The minimum atomic E-state index is -4.68. The summed E-state index contributed by atoms with van der Waals surface area (Å²) in [5.74, 6) is -1.66. The van der Waals surface area contributed by atoms with Gasteiger partial charge in [0.15, 0.2) is 22.0 Å². The number of aromatic hydroxyl groups is 1. The van der Waals surface area contributed by atoms with Gasteiger partial charge in [-0.3, -0.25) is 0 Å². The predicted octanol–water partition coefficient (Wildman–Crippen LogP) is 0.694. The summed E-state index contributed by atoms with van der Waals surface area (Å²) in [6.07, 6.45) is 0. The largest absolute Gasteiger partial charge is 0.502 e. The average Bonchev–Trinajstić information content (AvgIpc) is 2.47. The van der Waals surface area contributed by atoms with Gasteiger partial charge in [0.2, 0.25) is 5.75 Å². The molecule has 1 heterocycles. The Morgan fingerprint density at radius 1 is 1.14 bits per heavy atom. The van der Waals surface area contributed by atoms with E-state index in [1.54, 1.807) is 0 Å². The van der Waals surface area contributed by atoms with E-state index in [4.69, 9.17) is 19.1 Å². The lowest BCUT2D eigenvalue weighted by Gasteiger charge is -2.15. The summed E-state index contributed by atoms with van der Waals surface area (Å²) in [5.41, 5.74) is -1.09. The number of rotatable bonds is 4. The lowest BCUT2D eigenvalue weighted by molar-refractivity contribution is -0.130. The van der Waals surface area contributed by atoms with Crippen molar-refractivity contribution in [3.63, 3.8) is 0 Å². The summed E-state index contributed by atoms with van der Waals surface area (Å²) in [5, 5.41) is 18.5. The minimum absolute atomic E-state index is 0.0222. The summed E-state index contributed by atoms with van der Waals surface area (Å²) < 4.78 is 41.6. The third-order valence-electron chi connectivity index (χ3n) is 2.68. The summed E-state index contributed by atoms with van der Waals surface area (Å²) in [4.78, 5) is 10.5. The minimum Gasteiger partial charge on any atom is -0.502 e. The molecule has 0 fully saturated rings. The highest BCUT2D eigenvalue weighted by Gasteiger charge is 2.32. The fourth-order valence-corrected chi connectivity index (χ4v) is 2.77. The summed E-state index contributed by atoms with van der Waals surface area (Å²) in [6.45, 7) is 0. The number of hydrogen-bond donors (Lipinski definition) is 2. The zero-order valence-corrected chi connectivity index (χ0v) is 11.6. The Kier molecular flexibility index (Phi) is 3.77. The van der Waals surface area contributed by atoms with Gasteiger partial charge in [0.05, 0.1) is 19.6 Å². The first kappa shape index (κ1) is 15.1. The predicted molar refractivity (Wildman–Crippen MR) is 68.2 cm³/mol. The summed E-state index contributed by atoms with van der Waals surface area (Å²) >= 11 is 0. The van der Waals surface area contributed by atoms with Crippen molar-refractivity contribution in [2.45, 2.75) is 4.90 Å². The van der Waals surface area contributed by atoms with Crippen LogP contribution in [-0.2, 0) is 14.5 Å². The number of methoxy groups -OCH3 is 2. The second-order valence-electron chi connectivity index (χ2n) is 3.77. The van der Waals surface area contributed by atoms with Crippen molar-refractivity contribution >= 4 is 21.1 Å². The van der Waals surface area contributed by atoms with Gasteiger partial charge in [0.25, 0.3) is 0 Å². The fourth-order valence-electron chi connectivity index (χ4n) is 1.86. The molecule has 0 aliphatic carbocycles. The van der Waals surface area contributed by atoms with Crippen LogP contribution in [0.3, 0.4) is 0 Å². The lowest BCUT2D eigenvalue weighted by Crippen LogP contribution is -2.09. The van der Waals surface area contributed by atoms with Crippen molar-refractivity contribution in [2.75, 3.05) is 14.2 Å². The molecule has 0 atom stereocenters. The van der Waals surface area contributed by atoms with Crippen LogP contribution in [0.1, 0.15) is 0 Å². The molecule has 9 nitrogen and oxygen atoms in total. The Morgan fingerprint density at radius 2 is 1.76 bits per heavy atom. The van der Waals surface area contributed by atoms with E-state index in [0.717, 1.165) is 20.3 Å². The molecular weight excluding hydrogens is 308 g/mol. The average molecular weight is 318 g/mol. The van der Waals surface area contributed by atoms with Crippen LogP contribution in [0.5, 0.6) is 17.2 Å². The topological polar surface area (TPSA) is 133 Å². The van der Waals surface area contributed by atoms with Crippen LogP contribution in [0.4, 0.5) is 0 Å². The Labute approximate surface area is 118 Å². The van der Waals surface area contributed by atoms with E-state index in [-0.39, 0.29) is 16.7 Å². The summed E-state index contributed by atoms with van der Waals surface area (Å²) in [7, 11) is -2.47. The Bertz CT molecular complexity index is 850. The number of phenolic OH excluding ortho intramolecular Hbond substituents is 1. The molecule has 0 aliphatic heterocycles. The van der Waals surface area contributed by atoms with Crippen LogP contribution in [0.2, 0.25) is 0 Å². The molecule has 0 spiro atoms. The number of ether oxygens (including phenoxy) is 2. The second-order valence-corrected chi connectivity index (χ2v) is 5.24. The summed E-state index contributed by atoms with van der Waals surface area (Å²) in [6, 6.07) is 2.20. The molecule has 1 aromatic carbocycles. The van der Waals surface area contributed by atoms with E-state index >= 15 is 0 Å². The zero-order valence-electron chi connectivity index (χ0n) is 10.8. The van der Waals surface area contributed by atoms with Gasteiger partial charge < -0.3 is 19.0 Å². The molecule has 2 aromatic rings. The van der Waals surface area contributed by atoms with Gasteiger partial charge in [-0.25, -0.2) is 10.1 Å². The molecular formula is C11H10O9S. The van der Waals surface area contributed by atoms with E-state index in [1.807, 2.05) is 0 Å². The molecule has 0 saturated carbocycles. The SMILES string of the molecule is COc1c(S(=O)(=O)OO)c(OC)c2ccc(=O)oc2c1O. The van der Waals surface area contributed by atoms with Gasteiger partial charge >= 0.3 is 15.7 Å². The fraction of sp³-hybridized carbons (Fsp3) is 0.182. The van der Waals surface area contributed by atoms with Crippen LogP contribution in [0, 0.1) is 0 Å². The normalized spacial score (nSPS) is 11.6. The Morgan fingerprint density at radius 3 is 2.29 bits per heavy atom. The van der Waals surface area contributed by atoms with Crippen LogP contribution in [0.25, 0.3) is 11.0 Å². The highest BCUT2D eigenvalue weighted by molar-refractivity contribution is 7.86. The van der Waals surface area contributed by atoms with E-state index < -0.39 is 32.1 Å². The molecule has 1 aromatic heterocycles. The standard InChI is InChI=1S/C11H10O9S/c1-17-9-5-3-4-6(12)19-8(5)7(13)10(18-2)11(9)21(15,16)20-14/h3-4,13-14H,1-2H3. The maximum absolute atomic E-state index is 11.8. The zero-order chi connectivity index (χ0) is 15.8. The Balaban J connectivity index is 3.11. The van der Waals surface area contributed by atoms with Gasteiger partial charge in [-0.05, 0) is 6.07 Å². The number of fused-ring (bicyclic) bond motifs is 1. The first-order chi connectivity index (χ1) is 9.87. The van der Waals surface area contributed by atoms with Crippen molar-refractivity contribution in [1.82, 2.24) is 0 Å². The van der Waals surface area contributed by atoms with Crippen LogP contribution >= 0.6 is 0 Å². The van der Waals surface area contributed by atoms with Gasteiger partial charge in [0.1, 0.15) is 0 Å². The highest BCUT2D eigenvalue weighted by atomic mass is 32.2. The molecule has 0 bridgehead atoms. The second kappa shape index (κ2) is 5.24. The monoisotopic (exact) mass is 318 g/mol. The number of hydrogen-bond acceptors (Lipinski definition) is 9. The van der Waals surface area contributed by atoms with Gasteiger partial charge in [-0.15, -0.1) is 4.33 Å². The first-order valence-electron chi connectivity index (χ1n) is 5.36. The molecule has 0 amide bonds. The Hall–Kier alpha value is -2.30. The maximum atomic E-state index is 11.8. The molecule has 114 valence electrons. The lowest BCUT2D eigenvalue weighted by atomic mass is 10.2. The van der Waals surface area contributed by atoms with Crippen molar-refractivity contribution in [3.05, 3.63) is 22.6 Å². The van der Waals surface area contributed by atoms with E-state index in [0.29, 0.717) is 0 Å².